The van der Waals surface area contributed by atoms with Crippen molar-refractivity contribution in [2.24, 2.45) is 0 Å². The number of likely N-dealkylation sites (tertiary alicyclic amines) is 1. The van der Waals surface area contributed by atoms with Gasteiger partial charge in [0, 0.05) is 13.1 Å². The summed E-state index contributed by atoms with van der Waals surface area (Å²) in [4.78, 5) is 41.9. The minimum atomic E-state index is -0.370. The van der Waals surface area contributed by atoms with E-state index in [-0.39, 0.29) is 37.0 Å². The lowest BCUT2D eigenvalue weighted by Gasteiger charge is -2.21. The van der Waals surface area contributed by atoms with Crippen LogP contribution in [-0.2, 0) is 16.1 Å². The van der Waals surface area contributed by atoms with Crippen molar-refractivity contribution in [2.75, 3.05) is 19.6 Å². The molecular formula is C11H14N6O3. The normalized spacial score (nSPS) is 22.5. The fraction of sp³-hybridized carbons (Fsp3) is 0.545. The number of hydrogen-bond donors (Lipinski definition) is 1. The second-order valence-electron chi connectivity index (χ2n) is 4.80. The monoisotopic (exact) mass is 278 g/mol. The lowest BCUT2D eigenvalue weighted by molar-refractivity contribution is -0.132. The van der Waals surface area contributed by atoms with Crippen LogP contribution in [0.1, 0.15) is 6.42 Å². The van der Waals surface area contributed by atoms with E-state index in [4.69, 9.17) is 0 Å². The van der Waals surface area contributed by atoms with Crippen molar-refractivity contribution in [2.45, 2.75) is 19.0 Å². The number of nitrogens with one attached hydrogen (secondary N) is 1. The molecule has 0 radical (unpaired) electrons. The number of aromatic nitrogens is 3. The summed E-state index contributed by atoms with van der Waals surface area (Å²) in [5.41, 5.74) is 0. The highest BCUT2D eigenvalue weighted by molar-refractivity contribution is 6.02. The lowest BCUT2D eigenvalue weighted by atomic mass is 10.2. The van der Waals surface area contributed by atoms with E-state index in [1.165, 1.54) is 22.2 Å². The summed E-state index contributed by atoms with van der Waals surface area (Å²) in [5.74, 6) is -0.323. The van der Waals surface area contributed by atoms with Gasteiger partial charge in [-0.1, -0.05) is 0 Å². The van der Waals surface area contributed by atoms with Crippen LogP contribution >= 0.6 is 0 Å². The van der Waals surface area contributed by atoms with Crippen LogP contribution in [0.15, 0.2) is 12.7 Å². The quantitative estimate of drug-likeness (QED) is 0.673. The Hall–Kier alpha value is -2.45. The van der Waals surface area contributed by atoms with Crippen LogP contribution in [0.5, 0.6) is 0 Å². The average Bonchev–Trinajstić information content (AvgIpc) is 3.11. The molecule has 1 aromatic heterocycles. The Morgan fingerprint density at radius 3 is 2.95 bits per heavy atom. The maximum absolute atomic E-state index is 12.1. The molecule has 1 unspecified atom stereocenters. The zero-order chi connectivity index (χ0) is 14.1. The van der Waals surface area contributed by atoms with Crippen molar-refractivity contribution in [3.63, 3.8) is 0 Å². The number of carbonyl (C=O) groups excluding carboxylic acids is 3. The van der Waals surface area contributed by atoms with Crippen LogP contribution in [0.25, 0.3) is 0 Å². The second-order valence-corrected chi connectivity index (χ2v) is 4.80. The summed E-state index contributed by atoms with van der Waals surface area (Å²) in [6.45, 7) is 1.08. The Labute approximate surface area is 114 Å². The van der Waals surface area contributed by atoms with Gasteiger partial charge in [-0.2, -0.15) is 5.10 Å². The van der Waals surface area contributed by atoms with Crippen molar-refractivity contribution in [1.82, 2.24) is 29.9 Å². The number of imide groups is 1. The molecule has 2 fully saturated rings. The molecule has 0 saturated carbocycles. The number of carbonyl (C=O) groups is 3. The molecule has 2 aliphatic rings. The number of amides is 4. The molecule has 0 bridgehead atoms. The molecular weight excluding hydrogens is 264 g/mol. The summed E-state index contributed by atoms with van der Waals surface area (Å²) in [6.07, 6.45) is 3.46. The SMILES string of the molecule is O=C(Cn1cncn1)N1CCC(N2C(=O)CNC2=O)C1. The molecule has 2 aliphatic heterocycles. The van der Waals surface area contributed by atoms with Crippen LogP contribution in [0.4, 0.5) is 4.79 Å². The van der Waals surface area contributed by atoms with Crippen molar-refractivity contribution in [3.8, 4) is 0 Å². The third-order valence-corrected chi connectivity index (χ3v) is 3.52. The molecule has 0 aromatic carbocycles. The first-order valence-corrected chi connectivity index (χ1v) is 6.35. The van der Waals surface area contributed by atoms with Gasteiger partial charge in [-0.3, -0.25) is 14.5 Å². The molecule has 1 N–H and O–H groups in total. The maximum Gasteiger partial charge on any atom is 0.324 e. The predicted octanol–water partition coefficient (Wildman–Crippen LogP) is -1.57. The molecule has 0 aliphatic carbocycles. The predicted molar refractivity (Wildman–Crippen MR) is 65.3 cm³/mol. The molecule has 4 amide bonds. The Morgan fingerprint density at radius 2 is 2.30 bits per heavy atom. The molecule has 0 spiro atoms. The van der Waals surface area contributed by atoms with Gasteiger partial charge in [0.15, 0.2) is 0 Å². The topological polar surface area (TPSA) is 100 Å². The van der Waals surface area contributed by atoms with E-state index in [9.17, 15) is 14.4 Å². The van der Waals surface area contributed by atoms with Crippen molar-refractivity contribution >= 4 is 17.8 Å². The van der Waals surface area contributed by atoms with E-state index in [0.29, 0.717) is 19.5 Å². The van der Waals surface area contributed by atoms with E-state index >= 15 is 0 Å². The Kier molecular flexibility index (Phi) is 3.09. The summed E-state index contributed by atoms with van der Waals surface area (Å²) in [6, 6.07) is -0.602. The number of nitrogens with zero attached hydrogens (tertiary/aromatic N) is 5. The molecule has 3 heterocycles. The molecule has 20 heavy (non-hydrogen) atoms. The van der Waals surface area contributed by atoms with Gasteiger partial charge < -0.3 is 10.2 Å². The van der Waals surface area contributed by atoms with Crippen molar-refractivity contribution < 1.29 is 14.4 Å². The zero-order valence-corrected chi connectivity index (χ0v) is 10.7. The van der Waals surface area contributed by atoms with E-state index < -0.39 is 0 Å². The van der Waals surface area contributed by atoms with Crippen LogP contribution in [0.2, 0.25) is 0 Å². The Morgan fingerprint density at radius 1 is 1.45 bits per heavy atom. The molecule has 106 valence electrons. The standard InChI is InChI=1S/C11H14N6O3/c18-9-3-13-11(20)17(9)8-1-2-15(4-8)10(19)5-16-7-12-6-14-16/h6-8H,1-5H2,(H,13,20). The minimum absolute atomic E-state index is 0.0439. The highest BCUT2D eigenvalue weighted by Crippen LogP contribution is 2.18. The molecule has 9 nitrogen and oxygen atoms in total. The van der Waals surface area contributed by atoms with Crippen LogP contribution in [0, 0.1) is 0 Å². The van der Waals surface area contributed by atoms with E-state index in [2.05, 4.69) is 15.4 Å². The Balaban J connectivity index is 1.60. The number of rotatable bonds is 3. The molecule has 9 heteroatoms. The average molecular weight is 278 g/mol. The third kappa shape index (κ3) is 2.22. The van der Waals surface area contributed by atoms with Gasteiger partial charge >= 0.3 is 6.03 Å². The fourth-order valence-electron chi connectivity index (χ4n) is 2.54. The van der Waals surface area contributed by atoms with Gasteiger partial charge in [0.05, 0.1) is 12.6 Å². The summed E-state index contributed by atoms with van der Waals surface area (Å²) < 4.78 is 1.45. The van der Waals surface area contributed by atoms with Crippen LogP contribution in [-0.4, -0.2) is 68.1 Å². The third-order valence-electron chi connectivity index (χ3n) is 3.52. The first-order valence-electron chi connectivity index (χ1n) is 6.35. The van der Waals surface area contributed by atoms with Gasteiger partial charge in [0.1, 0.15) is 19.2 Å². The second kappa shape index (κ2) is 4.91. The van der Waals surface area contributed by atoms with E-state index in [1.54, 1.807) is 4.90 Å². The highest BCUT2D eigenvalue weighted by atomic mass is 16.2. The van der Waals surface area contributed by atoms with Gasteiger partial charge in [-0.05, 0) is 6.42 Å². The van der Waals surface area contributed by atoms with Crippen molar-refractivity contribution in [3.05, 3.63) is 12.7 Å². The Bertz CT molecular complexity index is 526. The summed E-state index contributed by atoms with van der Waals surface area (Å²) in [7, 11) is 0. The van der Waals surface area contributed by atoms with E-state index in [0.717, 1.165) is 0 Å². The van der Waals surface area contributed by atoms with E-state index in [1.807, 2.05) is 0 Å². The summed E-state index contributed by atoms with van der Waals surface area (Å²) >= 11 is 0. The summed E-state index contributed by atoms with van der Waals surface area (Å²) in [5, 5.41) is 6.37. The van der Waals surface area contributed by atoms with Gasteiger partial charge in [0.25, 0.3) is 0 Å². The zero-order valence-electron chi connectivity index (χ0n) is 10.7. The first-order chi connectivity index (χ1) is 9.65. The highest BCUT2D eigenvalue weighted by Gasteiger charge is 2.39. The number of hydrogen-bond acceptors (Lipinski definition) is 5. The molecule has 1 aromatic rings. The van der Waals surface area contributed by atoms with Crippen LogP contribution in [0.3, 0.4) is 0 Å². The molecule has 3 rings (SSSR count). The largest absolute Gasteiger partial charge is 0.339 e. The fourth-order valence-corrected chi connectivity index (χ4v) is 2.54. The van der Waals surface area contributed by atoms with Crippen molar-refractivity contribution in [1.29, 1.82) is 0 Å². The van der Waals surface area contributed by atoms with Gasteiger partial charge in [-0.15, -0.1) is 0 Å². The molecule has 2 saturated heterocycles. The lowest BCUT2D eigenvalue weighted by Crippen LogP contribution is -2.43. The smallest absolute Gasteiger partial charge is 0.324 e. The minimum Gasteiger partial charge on any atom is -0.339 e. The van der Waals surface area contributed by atoms with Crippen LogP contribution < -0.4 is 5.32 Å². The number of urea groups is 1. The molecule has 1 atom stereocenters. The van der Waals surface area contributed by atoms with Gasteiger partial charge in [0.2, 0.25) is 11.8 Å². The van der Waals surface area contributed by atoms with Gasteiger partial charge in [-0.25, -0.2) is 14.5 Å². The first kappa shape index (κ1) is 12.6. The maximum atomic E-state index is 12.1.